The molecule has 17 heavy (non-hydrogen) atoms. The second kappa shape index (κ2) is 4.51. The molecule has 0 fully saturated rings. The maximum Gasteiger partial charge on any atom is 0.299 e. The number of para-hydroxylation sites is 1. The van der Waals surface area contributed by atoms with E-state index in [0.29, 0.717) is 21.8 Å². The summed E-state index contributed by atoms with van der Waals surface area (Å²) in [7, 11) is 0. The Morgan fingerprint density at radius 1 is 1.35 bits per heavy atom. The smallest absolute Gasteiger partial charge is 0.299 e. The van der Waals surface area contributed by atoms with Crippen molar-refractivity contribution in [1.29, 1.82) is 0 Å². The molecule has 1 aromatic rings. The molecule has 0 spiro atoms. The van der Waals surface area contributed by atoms with Crippen molar-refractivity contribution in [2.45, 2.75) is 0 Å². The van der Waals surface area contributed by atoms with Crippen molar-refractivity contribution >= 4 is 40.6 Å². The summed E-state index contributed by atoms with van der Waals surface area (Å²) in [5, 5.41) is 0.379. The molecule has 0 saturated heterocycles. The first kappa shape index (κ1) is 12.1. The van der Waals surface area contributed by atoms with Gasteiger partial charge in [0.05, 0.1) is 16.3 Å². The fourth-order valence-corrected chi connectivity index (χ4v) is 2.09. The van der Waals surface area contributed by atoms with Gasteiger partial charge in [-0.2, -0.15) is 0 Å². The molecule has 1 aromatic carbocycles. The molecule has 1 amide bonds. The van der Waals surface area contributed by atoms with Crippen LogP contribution in [0.15, 0.2) is 30.4 Å². The van der Waals surface area contributed by atoms with Gasteiger partial charge < -0.3 is 0 Å². The number of anilines is 1. The number of halogens is 2. The van der Waals surface area contributed by atoms with E-state index in [1.165, 1.54) is 4.90 Å². The van der Waals surface area contributed by atoms with Gasteiger partial charge in [0.1, 0.15) is 0 Å². The van der Waals surface area contributed by atoms with Crippen LogP contribution in [0.5, 0.6) is 0 Å². The second-order valence-corrected chi connectivity index (χ2v) is 4.41. The molecule has 0 unspecified atom stereocenters. The minimum absolute atomic E-state index is 0.213. The zero-order valence-corrected chi connectivity index (χ0v) is 10.4. The van der Waals surface area contributed by atoms with E-state index < -0.39 is 11.7 Å². The van der Waals surface area contributed by atoms with Gasteiger partial charge in [-0.3, -0.25) is 14.5 Å². The lowest BCUT2D eigenvalue weighted by Gasteiger charge is -2.17. The number of fused-ring (bicyclic) bond motifs is 1. The zero-order chi connectivity index (χ0) is 12.6. The summed E-state index contributed by atoms with van der Waals surface area (Å²) in [4.78, 5) is 24.8. The number of amides is 1. The Labute approximate surface area is 109 Å². The highest BCUT2D eigenvalue weighted by Gasteiger charge is 2.37. The third kappa shape index (κ3) is 1.96. The van der Waals surface area contributed by atoms with Crippen LogP contribution in [0.25, 0.3) is 0 Å². The molecule has 88 valence electrons. The summed E-state index contributed by atoms with van der Waals surface area (Å²) < 4.78 is 0. The number of Topliss-reactive ketones (excluding diaryl/α,β-unsaturated/α-hetero) is 1. The highest BCUT2D eigenvalue weighted by molar-refractivity contribution is 6.54. The van der Waals surface area contributed by atoms with Crippen molar-refractivity contribution < 1.29 is 9.59 Å². The van der Waals surface area contributed by atoms with Gasteiger partial charge in [-0.25, -0.2) is 0 Å². The normalized spacial score (nSPS) is 14.1. The van der Waals surface area contributed by atoms with Crippen molar-refractivity contribution in [2.24, 2.45) is 0 Å². The van der Waals surface area contributed by atoms with Crippen LogP contribution in [-0.2, 0) is 4.79 Å². The molecule has 1 heterocycles. The fraction of sp³-hybridized carbons (Fsp3) is 0.167. The molecule has 1 aliphatic heterocycles. The van der Waals surface area contributed by atoms with Crippen molar-refractivity contribution in [3.63, 3.8) is 0 Å². The topological polar surface area (TPSA) is 37.4 Å². The Kier molecular flexibility index (Phi) is 3.22. The summed E-state index contributed by atoms with van der Waals surface area (Å²) in [6.45, 7) is 3.93. The molecule has 0 atom stereocenters. The second-order valence-electron chi connectivity index (χ2n) is 3.74. The minimum Gasteiger partial charge on any atom is -0.299 e. The van der Waals surface area contributed by atoms with E-state index in [-0.39, 0.29) is 12.4 Å². The molecular weight excluding hydrogens is 261 g/mol. The maximum atomic E-state index is 11.8. The van der Waals surface area contributed by atoms with Crippen LogP contribution >= 0.6 is 23.2 Å². The summed E-state index contributed by atoms with van der Waals surface area (Å²) in [5.41, 5.74) is 1.45. The van der Waals surface area contributed by atoms with E-state index in [1.54, 1.807) is 18.2 Å². The molecule has 0 N–H and O–H groups in total. The number of carbonyl (C=O) groups excluding carboxylic acids is 2. The Balaban J connectivity index is 2.47. The van der Waals surface area contributed by atoms with Gasteiger partial charge in [-0.05, 0) is 17.7 Å². The third-order valence-electron chi connectivity index (χ3n) is 2.51. The molecule has 0 radical (unpaired) electrons. The summed E-state index contributed by atoms with van der Waals surface area (Å²) in [6, 6.07) is 4.87. The average Bonchev–Trinajstić information content (AvgIpc) is 2.56. The van der Waals surface area contributed by atoms with Gasteiger partial charge in [-0.1, -0.05) is 24.2 Å². The SMILES string of the molecule is C=C(CCl)CN1C(=O)C(=O)c2cccc(Cl)c21. The Bertz CT molecular complexity index is 525. The lowest BCUT2D eigenvalue weighted by molar-refractivity contribution is -0.114. The predicted molar refractivity (Wildman–Crippen MR) is 68.0 cm³/mol. The molecule has 2 rings (SSSR count). The predicted octanol–water partition coefficient (Wildman–Crippen LogP) is 2.66. The van der Waals surface area contributed by atoms with E-state index in [0.717, 1.165) is 0 Å². The van der Waals surface area contributed by atoms with Crippen molar-refractivity contribution in [2.75, 3.05) is 17.3 Å². The van der Waals surface area contributed by atoms with Crippen LogP contribution in [0.3, 0.4) is 0 Å². The molecule has 1 aliphatic rings. The van der Waals surface area contributed by atoms with Crippen LogP contribution in [0.2, 0.25) is 5.02 Å². The van der Waals surface area contributed by atoms with Gasteiger partial charge in [0.25, 0.3) is 11.7 Å². The first-order valence-corrected chi connectivity index (χ1v) is 5.85. The Morgan fingerprint density at radius 2 is 2.06 bits per heavy atom. The van der Waals surface area contributed by atoms with Crippen LogP contribution in [0.1, 0.15) is 10.4 Å². The standard InChI is InChI=1S/C12H9Cl2NO2/c1-7(5-13)6-15-10-8(11(16)12(15)17)3-2-4-9(10)14/h2-4H,1,5-6H2. The summed E-state index contributed by atoms with van der Waals surface area (Å²) >= 11 is 11.6. The maximum absolute atomic E-state index is 11.8. The van der Waals surface area contributed by atoms with E-state index in [2.05, 4.69) is 6.58 Å². The highest BCUT2D eigenvalue weighted by Crippen LogP contribution is 2.35. The summed E-state index contributed by atoms with van der Waals surface area (Å²) in [5.74, 6) is -0.887. The molecule has 0 bridgehead atoms. The Morgan fingerprint density at radius 3 is 2.71 bits per heavy atom. The quantitative estimate of drug-likeness (QED) is 0.481. The fourth-order valence-electron chi connectivity index (χ4n) is 1.73. The van der Waals surface area contributed by atoms with Gasteiger partial charge in [-0.15, -0.1) is 11.6 Å². The lowest BCUT2D eigenvalue weighted by Crippen LogP contribution is -2.31. The van der Waals surface area contributed by atoms with E-state index in [4.69, 9.17) is 23.2 Å². The number of carbonyl (C=O) groups is 2. The van der Waals surface area contributed by atoms with Gasteiger partial charge in [0.15, 0.2) is 0 Å². The lowest BCUT2D eigenvalue weighted by atomic mass is 10.1. The first-order chi connectivity index (χ1) is 8.06. The first-order valence-electron chi connectivity index (χ1n) is 4.93. The minimum atomic E-state index is -0.584. The number of alkyl halides is 1. The molecule has 0 saturated carbocycles. The van der Waals surface area contributed by atoms with Gasteiger partial charge in [0.2, 0.25) is 0 Å². The van der Waals surface area contributed by atoms with Crippen LogP contribution in [-0.4, -0.2) is 24.1 Å². The highest BCUT2D eigenvalue weighted by atomic mass is 35.5. The number of ketones is 1. The molecule has 3 nitrogen and oxygen atoms in total. The number of hydrogen-bond acceptors (Lipinski definition) is 2. The molecule has 0 aromatic heterocycles. The van der Waals surface area contributed by atoms with Gasteiger partial charge >= 0.3 is 0 Å². The summed E-state index contributed by atoms with van der Waals surface area (Å²) in [6.07, 6.45) is 0. The largest absolute Gasteiger partial charge is 0.299 e. The number of hydrogen-bond donors (Lipinski definition) is 0. The Hall–Kier alpha value is -1.32. The monoisotopic (exact) mass is 269 g/mol. The molecular formula is C12H9Cl2NO2. The van der Waals surface area contributed by atoms with E-state index in [1.807, 2.05) is 0 Å². The van der Waals surface area contributed by atoms with E-state index >= 15 is 0 Å². The molecule has 5 heteroatoms. The van der Waals surface area contributed by atoms with Gasteiger partial charge in [0, 0.05) is 12.4 Å². The van der Waals surface area contributed by atoms with Crippen LogP contribution < -0.4 is 4.90 Å². The van der Waals surface area contributed by atoms with Crippen molar-refractivity contribution in [1.82, 2.24) is 0 Å². The number of benzene rings is 1. The third-order valence-corrected chi connectivity index (χ3v) is 3.19. The van der Waals surface area contributed by atoms with E-state index in [9.17, 15) is 9.59 Å². The zero-order valence-electron chi connectivity index (χ0n) is 8.87. The molecule has 0 aliphatic carbocycles. The van der Waals surface area contributed by atoms with Crippen molar-refractivity contribution in [3.05, 3.63) is 40.9 Å². The van der Waals surface area contributed by atoms with Crippen LogP contribution in [0.4, 0.5) is 5.69 Å². The number of rotatable bonds is 3. The number of nitrogens with zero attached hydrogens (tertiary/aromatic N) is 1. The average molecular weight is 270 g/mol. The van der Waals surface area contributed by atoms with Crippen LogP contribution in [0, 0.1) is 0 Å². The van der Waals surface area contributed by atoms with Crippen molar-refractivity contribution in [3.8, 4) is 0 Å².